The molecule has 7 nitrogen and oxygen atoms in total. The Morgan fingerprint density at radius 3 is 2.38 bits per heavy atom. The molecule has 1 fully saturated rings. The summed E-state index contributed by atoms with van der Waals surface area (Å²) in [7, 11) is -0.572. The monoisotopic (exact) mass is 311 g/mol. The number of sulfonamides is 1. The molecule has 1 aromatic carbocycles. The summed E-state index contributed by atoms with van der Waals surface area (Å²) in [5, 5.41) is 5.27. The first kappa shape index (κ1) is 15.5. The molecule has 1 saturated heterocycles. The molecule has 2 N–H and O–H groups in total. The molecular weight excluding hydrogens is 294 g/mol. The first-order valence-electron chi connectivity index (χ1n) is 6.41. The zero-order valence-corrected chi connectivity index (χ0v) is 12.6. The van der Waals surface area contributed by atoms with Crippen molar-refractivity contribution in [3.8, 4) is 0 Å². The van der Waals surface area contributed by atoms with E-state index in [1.54, 1.807) is 0 Å². The highest BCUT2D eigenvalue weighted by molar-refractivity contribution is 7.89. The van der Waals surface area contributed by atoms with Crippen LogP contribution in [0, 0.1) is 5.92 Å². The van der Waals surface area contributed by atoms with E-state index in [1.807, 2.05) is 0 Å². The maximum Gasteiger partial charge on any atom is 0.242 e. The number of carbonyl (C=O) groups excluding carboxylic acids is 2. The highest BCUT2D eigenvalue weighted by atomic mass is 32.2. The van der Waals surface area contributed by atoms with Crippen molar-refractivity contribution in [3.05, 3.63) is 24.3 Å². The van der Waals surface area contributed by atoms with Gasteiger partial charge in [0.05, 0.1) is 10.8 Å². The van der Waals surface area contributed by atoms with Gasteiger partial charge in [-0.25, -0.2) is 12.7 Å². The van der Waals surface area contributed by atoms with Gasteiger partial charge in [0.1, 0.15) is 0 Å². The third kappa shape index (κ3) is 3.40. The minimum Gasteiger partial charge on any atom is -0.355 e. The van der Waals surface area contributed by atoms with Crippen molar-refractivity contribution < 1.29 is 18.0 Å². The zero-order valence-electron chi connectivity index (χ0n) is 11.8. The molecule has 0 radical (unpaired) electrons. The first-order valence-corrected chi connectivity index (χ1v) is 7.85. The van der Waals surface area contributed by atoms with Crippen LogP contribution in [0.3, 0.4) is 0 Å². The first-order chi connectivity index (χ1) is 9.80. The Hall–Kier alpha value is -1.93. The number of anilines is 1. The normalized spacial score (nSPS) is 18.6. The molecule has 2 amide bonds. The van der Waals surface area contributed by atoms with Crippen LogP contribution >= 0.6 is 0 Å². The summed E-state index contributed by atoms with van der Waals surface area (Å²) in [6, 6.07) is 5.92. The van der Waals surface area contributed by atoms with E-state index in [0.717, 1.165) is 4.31 Å². The molecule has 1 aromatic rings. The van der Waals surface area contributed by atoms with Crippen LogP contribution in [0.15, 0.2) is 29.2 Å². The maximum absolute atomic E-state index is 11.9. The number of amides is 2. The van der Waals surface area contributed by atoms with Crippen LogP contribution in [-0.2, 0) is 19.6 Å². The van der Waals surface area contributed by atoms with Crippen LogP contribution in [-0.4, -0.2) is 45.2 Å². The lowest BCUT2D eigenvalue weighted by Gasteiger charge is -2.12. The molecule has 1 aliphatic rings. The van der Waals surface area contributed by atoms with E-state index in [9.17, 15) is 18.0 Å². The van der Waals surface area contributed by atoms with Crippen LogP contribution in [0.2, 0.25) is 0 Å². The second-order valence-corrected chi connectivity index (χ2v) is 7.16. The number of benzene rings is 1. The zero-order chi connectivity index (χ0) is 15.6. The summed E-state index contributed by atoms with van der Waals surface area (Å²) in [6.07, 6.45) is 0.179. The molecule has 8 heteroatoms. The van der Waals surface area contributed by atoms with E-state index in [-0.39, 0.29) is 29.0 Å². The Morgan fingerprint density at radius 1 is 1.29 bits per heavy atom. The molecule has 0 aromatic heterocycles. The summed E-state index contributed by atoms with van der Waals surface area (Å²) in [4.78, 5) is 23.1. The molecule has 114 valence electrons. The van der Waals surface area contributed by atoms with Gasteiger partial charge in [0.2, 0.25) is 21.8 Å². The smallest absolute Gasteiger partial charge is 0.242 e. The van der Waals surface area contributed by atoms with E-state index in [1.165, 1.54) is 38.4 Å². The fourth-order valence-electron chi connectivity index (χ4n) is 1.96. The molecule has 0 aliphatic carbocycles. The molecule has 21 heavy (non-hydrogen) atoms. The minimum atomic E-state index is -3.48. The van der Waals surface area contributed by atoms with E-state index in [4.69, 9.17) is 0 Å². The highest BCUT2D eigenvalue weighted by Gasteiger charge is 2.28. The van der Waals surface area contributed by atoms with Gasteiger partial charge in [0, 0.05) is 32.7 Å². The Kier molecular flexibility index (Phi) is 4.29. The van der Waals surface area contributed by atoms with Gasteiger partial charge in [-0.05, 0) is 24.3 Å². The van der Waals surface area contributed by atoms with E-state index in [2.05, 4.69) is 10.6 Å². The number of nitrogens with zero attached hydrogens (tertiary/aromatic N) is 1. The number of hydrogen-bond acceptors (Lipinski definition) is 4. The number of carbonyl (C=O) groups is 2. The fourth-order valence-corrected chi connectivity index (χ4v) is 2.86. The fraction of sp³-hybridized carbons (Fsp3) is 0.385. The Morgan fingerprint density at radius 2 is 1.90 bits per heavy atom. The molecule has 1 atom stereocenters. The molecule has 0 spiro atoms. The quantitative estimate of drug-likeness (QED) is 0.819. The number of rotatable bonds is 4. The third-order valence-electron chi connectivity index (χ3n) is 3.25. The van der Waals surface area contributed by atoms with Crippen molar-refractivity contribution in [2.75, 3.05) is 26.0 Å². The predicted molar refractivity (Wildman–Crippen MR) is 77.1 cm³/mol. The third-order valence-corrected chi connectivity index (χ3v) is 5.08. The SMILES string of the molecule is CN(C)S(=O)(=O)c1ccc(NC(=O)C2CNC(=O)C2)cc1. The molecule has 1 heterocycles. The number of hydrogen-bond donors (Lipinski definition) is 2. The maximum atomic E-state index is 11.9. The second kappa shape index (κ2) is 5.82. The topological polar surface area (TPSA) is 95.6 Å². The standard InChI is InChI=1S/C13H17N3O4S/c1-16(2)21(19,20)11-5-3-10(4-6-11)15-13(18)9-7-12(17)14-8-9/h3-6,9H,7-8H2,1-2H3,(H,14,17)(H,15,18). The Balaban J connectivity index is 2.06. The molecule has 0 bridgehead atoms. The van der Waals surface area contributed by atoms with Gasteiger partial charge in [0.15, 0.2) is 0 Å². The summed E-state index contributed by atoms with van der Waals surface area (Å²) >= 11 is 0. The predicted octanol–water partition coefficient (Wildman–Crippen LogP) is 0.0115. The molecule has 0 saturated carbocycles. The van der Waals surface area contributed by atoms with Crippen LogP contribution in [0.25, 0.3) is 0 Å². The summed E-state index contributed by atoms with van der Waals surface area (Å²) in [6.45, 7) is 0.331. The average molecular weight is 311 g/mol. The Labute approximate surface area is 123 Å². The summed E-state index contributed by atoms with van der Waals surface area (Å²) in [5.41, 5.74) is 0.497. The van der Waals surface area contributed by atoms with Gasteiger partial charge in [-0.2, -0.15) is 0 Å². The van der Waals surface area contributed by atoms with Crippen molar-refractivity contribution in [1.29, 1.82) is 0 Å². The Bertz CT molecular complexity index is 652. The lowest BCUT2D eigenvalue weighted by molar-refractivity contribution is -0.123. The molecular formula is C13H17N3O4S. The highest BCUT2D eigenvalue weighted by Crippen LogP contribution is 2.18. The average Bonchev–Trinajstić information content (AvgIpc) is 2.86. The van der Waals surface area contributed by atoms with Crippen molar-refractivity contribution in [2.24, 2.45) is 5.92 Å². The van der Waals surface area contributed by atoms with Crippen molar-refractivity contribution in [1.82, 2.24) is 9.62 Å². The van der Waals surface area contributed by atoms with Gasteiger partial charge >= 0.3 is 0 Å². The van der Waals surface area contributed by atoms with E-state index >= 15 is 0 Å². The van der Waals surface area contributed by atoms with Crippen LogP contribution in [0.4, 0.5) is 5.69 Å². The van der Waals surface area contributed by atoms with Crippen molar-refractivity contribution in [2.45, 2.75) is 11.3 Å². The molecule has 1 aliphatic heterocycles. The van der Waals surface area contributed by atoms with E-state index in [0.29, 0.717) is 12.2 Å². The largest absolute Gasteiger partial charge is 0.355 e. The van der Waals surface area contributed by atoms with Gasteiger partial charge in [-0.1, -0.05) is 0 Å². The minimum absolute atomic E-state index is 0.137. The van der Waals surface area contributed by atoms with E-state index < -0.39 is 10.0 Å². The molecule has 2 rings (SSSR count). The summed E-state index contributed by atoms with van der Waals surface area (Å²) < 4.78 is 24.9. The second-order valence-electron chi connectivity index (χ2n) is 5.01. The van der Waals surface area contributed by atoms with Gasteiger partial charge in [0.25, 0.3) is 0 Å². The van der Waals surface area contributed by atoms with Crippen LogP contribution in [0.5, 0.6) is 0 Å². The molecule has 1 unspecified atom stereocenters. The lowest BCUT2D eigenvalue weighted by atomic mass is 10.1. The van der Waals surface area contributed by atoms with Crippen LogP contribution < -0.4 is 10.6 Å². The van der Waals surface area contributed by atoms with Crippen molar-refractivity contribution in [3.63, 3.8) is 0 Å². The van der Waals surface area contributed by atoms with Gasteiger partial charge in [-0.15, -0.1) is 0 Å². The summed E-state index contributed by atoms with van der Waals surface area (Å²) in [5.74, 6) is -0.776. The number of nitrogens with one attached hydrogen (secondary N) is 2. The van der Waals surface area contributed by atoms with Gasteiger partial charge in [-0.3, -0.25) is 9.59 Å². The van der Waals surface area contributed by atoms with Gasteiger partial charge < -0.3 is 10.6 Å². The van der Waals surface area contributed by atoms with Crippen LogP contribution in [0.1, 0.15) is 6.42 Å². The lowest BCUT2D eigenvalue weighted by Crippen LogP contribution is -2.25. The van der Waals surface area contributed by atoms with Crippen molar-refractivity contribution >= 4 is 27.5 Å².